The van der Waals surface area contributed by atoms with E-state index >= 15 is 0 Å². The number of rotatable bonds is 3. The van der Waals surface area contributed by atoms with Gasteiger partial charge in [-0.1, -0.05) is 0 Å². The maximum absolute atomic E-state index is 10.2. The smallest absolute Gasteiger partial charge is 0.192 e. The first kappa shape index (κ1) is 8.80. The first-order valence-electron chi connectivity index (χ1n) is 3.63. The summed E-state index contributed by atoms with van der Waals surface area (Å²) in [5.41, 5.74) is 1.01. The average molecular weight is 165 g/mol. The van der Waals surface area contributed by atoms with Crippen molar-refractivity contribution in [3.8, 4) is 0 Å². The second-order valence-corrected chi connectivity index (χ2v) is 2.81. The molecular formula is C8H11N3O. The monoisotopic (exact) mass is 165 g/mol. The van der Waals surface area contributed by atoms with Gasteiger partial charge in [-0.3, -0.25) is 4.79 Å². The molecule has 0 atom stereocenters. The lowest BCUT2D eigenvalue weighted by Crippen LogP contribution is -2.11. The van der Waals surface area contributed by atoms with Crippen molar-refractivity contribution in [2.45, 2.75) is 6.54 Å². The van der Waals surface area contributed by atoms with Gasteiger partial charge in [-0.25, -0.2) is 9.97 Å². The second-order valence-electron chi connectivity index (χ2n) is 2.81. The van der Waals surface area contributed by atoms with E-state index < -0.39 is 0 Å². The molecule has 1 aromatic heterocycles. The fraction of sp³-hybridized carbons (Fsp3) is 0.375. The van der Waals surface area contributed by atoms with E-state index in [0.717, 1.165) is 12.1 Å². The molecule has 0 spiro atoms. The van der Waals surface area contributed by atoms with Crippen LogP contribution >= 0.6 is 0 Å². The Hall–Kier alpha value is -1.29. The molecule has 0 aliphatic heterocycles. The lowest BCUT2D eigenvalue weighted by molar-refractivity contribution is 0.111. The molecule has 64 valence electrons. The van der Waals surface area contributed by atoms with Gasteiger partial charge in [0.05, 0.1) is 0 Å². The molecule has 0 unspecified atom stereocenters. The molecule has 0 saturated carbocycles. The summed E-state index contributed by atoms with van der Waals surface area (Å²) in [5.74, 6) is 0.234. The van der Waals surface area contributed by atoms with Gasteiger partial charge in [0.15, 0.2) is 12.1 Å². The maximum atomic E-state index is 10.2. The predicted octanol–water partition coefficient (Wildman–Crippen LogP) is 0.351. The van der Waals surface area contributed by atoms with Gasteiger partial charge in [0.1, 0.15) is 0 Å². The van der Waals surface area contributed by atoms with Crippen LogP contribution in [0.3, 0.4) is 0 Å². The van der Waals surface area contributed by atoms with Crippen LogP contribution in [0.15, 0.2) is 12.4 Å². The average Bonchev–Trinajstić information content (AvgIpc) is 2.05. The topological polar surface area (TPSA) is 46.1 Å². The summed E-state index contributed by atoms with van der Waals surface area (Å²) >= 11 is 0. The third-order valence-corrected chi connectivity index (χ3v) is 1.33. The van der Waals surface area contributed by atoms with Crippen molar-refractivity contribution in [1.82, 2.24) is 14.9 Å². The first-order valence-corrected chi connectivity index (χ1v) is 3.63. The first-order chi connectivity index (χ1) is 5.72. The van der Waals surface area contributed by atoms with Gasteiger partial charge in [-0.2, -0.15) is 0 Å². The lowest BCUT2D eigenvalue weighted by atomic mass is 10.3. The Balaban J connectivity index is 2.71. The number of hydrogen-bond acceptors (Lipinski definition) is 4. The fourth-order valence-corrected chi connectivity index (χ4v) is 0.872. The molecule has 4 nitrogen and oxygen atoms in total. The number of hydrogen-bond donors (Lipinski definition) is 0. The van der Waals surface area contributed by atoms with Gasteiger partial charge in [0.2, 0.25) is 0 Å². The van der Waals surface area contributed by atoms with Crippen LogP contribution in [-0.2, 0) is 6.54 Å². The van der Waals surface area contributed by atoms with E-state index in [-0.39, 0.29) is 5.82 Å². The highest BCUT2D eigenvalue weighted by atomic mass is 16.1. The minimum absolute atomic E-state index is 0.234. The Labute approximate surface area is 71.3 Å². The van der Waals surface area contributed by atoms with E-state index in [2.05, 4.69) is 9.97 Å². The third kappa shape index (κ3) is 2.39. The molecule has 1 aromatic rings. The quantitative estimate of drug-likeness (QED) is 0.606. The van der Waals surface area contributed by atoms with Gasteiger partial charge in [0, 0.05) is 24.5 Å². The van der Waals surface area contributed by atoms with Crippen molar-refractivity contribution >= 4 is 6.29 Å². The number of aldehydes is 1. The molecule has 0 aliphatic carbocycles. The van der Waals surface area contributed by atoms with E-state index in [0.29, 0.717) is 6.29 Å². The maximum Gasteiger partial charge on any atom is 0.192 e. The van der Waals surface area contributed by atoms with Crippen LogP contribution in [0.25, 0.3) is 0 Å². The summed E-state index contributed by atoms with van der Waals surface area (Å²) < 4.78 is 0. The molecule has 1 rings (SSSR count). The van der Waals surface area contributed by atoms with Crippen LogP contribution in [0, 0.1) is 0 Å². The highest BCUT2D eigenvalue weighted by molar-refractivity contribution is 5.68. The normalized spacial score (nSPS) is 10.2. The van der Waals surface area contributed by atoms with Gasteiger partial charge in [-0.05, 0) is 14.1 Å². The molecule has 0 aromatic carbocycles. The standard InChI is InChI=1S/C8H11N3O/c1-11(2)5-7-3-9-8(6-12)10-4-7/h3-4,6H,5H2,1-2H3. The minimum Gasteiger partial charge on any atom is -0.305 e. The zero-order chi connectivity index (χ0) is 8.97. The zero-order valence-electron chi connectivity index (χ0n) is 7.19. The van der Waals surface area contributed by atoms with Crippen molar-refractivity contribution in [3.63, 3.8) is 0 Å². The van der Waals surface area contributed by atoms with Gasteiger partial charge < -0.3 is 4.90 Å². The summed E-state index contributed by atoms with van der Waals surface area (Å²) in [4.78, 5) is 19.9. The Morgan fingerprint density at radius 1 is 1.42 bits per heavy atom. The number of nitrogens with zero attached hydrogens (tertiary/aromatic N) is 3. The van der Waals surface area contributed by atoms with E-state index in [1.165, 1.54) is 0 Å². The zero-order valence-corrected chi connectivity index (χ0v) is 7.19. The van der Waals surface area contributed by atoms with Gasteiger partial charge in [-0.15, -0.1) is 0 Å². The van der Waals surface area contributed by atoms with Crippen LogP contribution < -0.4 is 0 Å². The number of aromatic nitrogens is 2. The van der Waals surface area contributed by atoms with Crippen LogP contribution in [-0.4, -0.2) is 35.2 Å². The van der Waals surface area contributed by atoms with Crippen molar-refractivity contribution in [3.05, 3.63) is 23.8 Å². The van der Waals surface area contributed by atoms with Gasteiger partial charge >= 0.3 is 0 Å². The largest absolute Gasteiger partial charge is 0.305 e. The summed E-state index contributed by atoms with van der Waals surface area (Å²) in [6.07, 6.45) is 3.97. The summed E-state index contributed by atoms with van der Waals surface area (Å²) in [7, 11) is 3.93. The van der Waals surface area contributed by atoms with Crippen molar-refractivity contribution in [1.29, 1.82) is 0 Å². The second kappa shape index (κ2) is 3.92. The van der Waals surface area contributed by atoms with E-state index in [4.69, 9.17) is 0 Å². The molecule has 0 aliphatic rings. The number of carbonyl (C=O) groups is 1. The lowest BCUT2D eigenvalue weighted by Gasteiger charge is -2.07. The minimum atomic E-state index is 0.234. The van der Waals surface area contributed by atoms with E-state index in [1.54, 1.807) is 12.4 Å². The molecule has 0 amide bonds. The van der Waals surface area contributed by atoms with Crippen LogP contribution in [0.5, 0.6) is 0 Å². The summed E-state index contributed by atoms with van der Waals surface area (Å²) in [6.45, 7) is 0.791. The molecule has 4 heteroatoms. The molecule has 1 heterocycles. The Morgan fingerprint density at radius 3 is 2.42 bits per heavy atom. The molecular weight excluding hydrogens is 154 g/mol. The van der Waals surface area contributed by atoms with Crippen molar-refractivity contribution < 1.29 is 4.79 Å². The van der Waals surface area contributed by atoms with E-state index in [9.17, 15) is 4.79 Å². The SMILES string of the molecule is CN(C)Cc1cnc(C=O)nc1. The Bertz CT molecular complexity index is 256. The van der Waals surface area contributed by atoms with Gasteiger partial charge in [0.25, 0.3) is 0 Å². The molecule has 0 N–H and O–H groups in total. The van der Waals surface area contributed by atoms with Crippen LogP contribution in [0.4, 0.5) is 0 Å². The molecule has 12 heavy (non-hydrogen) atoms. The third-order valence-electron chi connectivity index (χ3n) is 1.33. The van der Waals surface area contributed by atoms with Crippen LogP contribution in [0.1, 0.15) is 16.2 Å². The number of carbonyl (C=O) groups excluding carboxylic acids is 1. The van der Waals surface area contributed by atoms with Crippen molar-refractivity contribution in [2.75, 3.05) is 14.1 Å². The summed E-state index contributed by atoms with van der Waals surface area (Å²) in [6, 6.07) is 0. The van der Waals surface area contributed by atoms with E-state index in [1.807, 2.05) is 19.0 Å². The highest BCUT2D eigenvalue weighted by Gasteiger charge is 1.96. The Morgan fingerprint density at radius 2 is 2.00 bits per heavy atom. The van der Waals surface area contributed by atoms with Crippen LogP contribution in [0.2, 0.25) is 0 Å². The van der Waals surface area contributed by atoms with Crippen molar-refractivity contribution in [2.24, 2.45) is 0 Å². The Kier molecular flexibility index (Phi) is 2.88. The molecule has 0 fully saturated rings. The fourth-order valence-electron chi connectivity index (χ4n) is 0.872. The highest BCUT2D eigenvalue weighted by Crippen LogP contribution is 1.97. The molecule has 0 radical (unpaired) electrons. The molecule has 0 saturated heterocycles. The predicted molar refractivity (Wildman–Crippen MR) is 44.8 cm³/mol. The molecule has 0 bridgehead atoms. The summed E-state index contributed by atoms with van der Waals surface area (Å²) in [5, 5.41) is 0.